The van der Waals surface area contributed by atoms with Crippen molar-refractivity contribution in [3.05, 3.63) is 69.8 Å². The molecule has 0 radical (unpaired) electrons. The van der Waals surface area contributed by atoms with Crippen LogP contribution in [0.25, 0.3) is 0 Å². The van der Waals surface area contributed by atoms with Crippen LogP contribution in [0.1, 0.15) is 42.1 Å². The number of non-ortho nitro benzene ring substituents is 1. The van der Waals surface area contributed by atoms with Crippen molar-refractivity contribution >= 4 is 23.8 Å². The molecule has 0 aliphatic rings. The lowest BCUT2D eigenvalue weighted by Gasteiger charge is -2.05. The molecule has 0 fully saturated rings. The number of benzene rings is 2. The van der Waals surface area contributed by atoms with Crippen molar-refractivity contribution < 1.29 is 19.2 Å². The SMILES string of the molecule is CCCCC(=O)NN=Cc1cccc(OC(=O)c2cccc([N+](=O)[O-])c2)c1. The third-order valence-corrected chi connectivity index (χ3v) is 3.52. The molecule has 0 aliphatic heterocycles. The summed E-state index contributed by atoms with van der Waals surface area (Å²) < 4.78 is 5.25. The van der Waals surface area contributed by atoms with Gasteiger partial charge in [0, 0.05) is 18.6 Å². The molecule has 8 nitrogen and oxygen atoms in total. The molecule has 2 aromatic rings. The highest BCUT2D eigenvalue weighted by Crippen LogP contribution is 2.17. The van der Waals surface area contributed by atoms with Crippen LogP contribution in [0.5, 0.6) is 5.75 Å². The lowest BCUT2D eigenvalue weighted by molar-refractivity contribution is -0.384. The second-order valence-corrected chi connectivity index (χ2v) is 5.67. The van der Waals surface area contributed by atoms with Gasteiger partial charge < -0.3 is 4.74 Å². The van der Waals surface area contributed by atoms with Gasteiger partial charge in [0.15, 0.2) is 0 Å². The maximum Gasteiger partial charge on any atom is 0.343 e. The second-order valence-electron chi connectivity index (χ2n) is 5.67. The third kappa shape index (κ3) is 6.35. The molecule has 0 bridgehead atoms. The summed E-state index contributed by atoms with van der Waals surface area (Å²) in [5, 5.41) is 14.7. The Bertz CT molecular complexity index is 864. The van der Waals surface area contributed by atoms with Gasteiger partial charge in [0.1, 0.15) is 5.75 Å². The summed E-state index contributed by atoms with van der Waals surface area (Å²) in [7, 11) is 0. The molecular weight excluding hydrogens is 350 g/mol. The van der Waals surface area contributed by atoms with Gasteiger partial charge in [-0.2, -0.15) is 5.10 Å². The van der Waals surface area contributed by atoms with E-state index < -0.39 is 10.9 Å². The van der Waals surface area contributed by atoms with Crippen LogP contribution in [0.4, 0.5) is 5.69 Å². The molecular formula is C19H19N3O5. The van der Waals surface area contributed by atoms with Crippen LogP contribution >= 0.6 is 0 Å². The van der Waals surface area contributed by atoms with Gasteiger partial charge in [0.2, 0.25) is 5.91 Å². The van der Waals surface area contributed by atoms with E-state index in [4.69, 9.17) is 4.74 Å². The fourth-order valence-electron chi connectivity index (χ4n) is 2.14. The first-order chi connectivity index (χ1) is 13.0. The molecule has 0 saturated heterocycles. The number of nitrogens with zero attached hydrogens (tertiary/aromatic N) is 2. The molecule has 0 atom stereocenters. The van der Waals surface area contributed by atoms with Gasteiger partial charge in [-0.3, -0.25) is 14.9 Å². The molecule has 8 heteroatoms. The van der Waals surface area contributed by atoms with Gasteiger partial charge in [0.05, 0.1) is 16.7 Å². The fourth-order valence-corrected chi connectivity index (χ4v) is 2.14. The van der Waals surface area contributed by atoms with Crippen LogP contribution in [0, 0.1) is 10.1 Å². The maximum atomic E-state index is 12.2. The van der Waals surface area contributed by atoms with Gasteiger partial charge in [-0.25, -0.2) is 10.2 Å². The number of nitro groups is 1. The molecule has 2 aromatic carbocycles. The average molecular weight is 369 g/mol. The Morgan fingerprint density at radius 3 is 2.74 bits per heavy atom. The van der Waals surface area contributed by atoms with Crippen molar-refractivity contribution in [2.75, 3.05) is 0 Å². The van der Waals surface area contributed by atoms with Crippen LogP contribution < -0.4 is 10.2 Å². The topological polar surface area (TPSA) is 111 Å². The summed E-state index contributed by atoms with van der Waals surface area (Å²) >= 11 is 0. The number of carbonyl (C=O) groups excluding carboxylic acids is 2. The van der Waals surface area contributed by atoms with E-state index in [1.54, 1.807) is 24.3 Å². The van der Waals surface area contributed by atoms with Crippen molar-refractivity contribution in [2.24, 2.45) is 5.10 Å². The van der Waals surface area contributed by atoms with Gasteiger partial charge in [-0.1, -0.05) is 31.5 Å². The van der Waals surface area contributed by atoms with E-state index in [2.05, 4.69) is 10.5 Å². The Morgan fingerprint density at radius 2 is 2.00 bits per heavy atom. The van der Waals surface area contributed by atoms with E-state index in [1.165, 1.54) is 24.4 Å². The number of hydrazone groups is 1. The Kier molecular flexibility index (Phi) is 7.18. The van der Waals surface area contributed by atoms with Crippen molar-refractivity contribution in [3.8, 4) is 5.75 Å². The van der Waals surface area contributed by atoms with Gasteiger partial charge in [-0.15, -0.1) is 0 Å². The number of esters is 1. The number of ether oxygens (including phenoxy) is 1. The molecule has 27 heavy (non-hydrogen) atoms. The summed E-state index contributed by atoms with van der Waals surface area (Å²) in [5.41, 5.74) is 2.93. The molecule has 140 valence electrons. The van der Waals surface area contributed by atoms with E-state index in [0.717, 1.165) is 18.9 Å². The predicted octanol–water partition coefficient (Wildman–Crippen LogP) is 3.45. The highest BCUT2D eigenvalue weighted by Gasteiger charge is 2.13. The number of rotatable bonds is 8. The monoisotopic (exact) mass is 369 g/mol. The number of nitrogens with one attached hydrogen (secondary N) is 1. The third-order valence-electron chi connectivity index (χ3n) is 3.52. The van der Waals surface area contributed by atoms with E-state index >= 15 is 0 Å². The second kappa shape index (κ2) is 9.81. The highest BCUT2D eigenvalue weighted by atomic mass is 16.6. The highest BCUT2D eigenvalue weighted by molar-refractivity contribution is 5.92. The molecule has 0 aliphatic carbocycles. The van der Waals surface area contributed by atoms with Gasteiger partial charge >= 0.3 is 5.97 Å². The zero-order valence-corrected chi connectivity index (χ0v) is 14.8. The minimum Gasteiger partial charge on any atom is -0.423 e. The number of nitro benzene ring substituents is 1. The molecule has 0 aromatic heterocycles. The first kappa shape index (κ1) is 19.8. The van der Waals surface area contributed by atoms with E-state index in [9.17, 15) is 19.7 Å². The van der Waals surface area contributed by atoms with Crippen LogP contribution in [0.15, 0.2) is 53.6 Å². The molecule has 0 spiro atoms. The van der Waals surface area contributed by atoms with E-state index in [1.807, 2.05) is 6.92 Å². The zero-order valence-electron chi connectivity index (χ0n) is 14.8. The van der Waals surface area contributed by atoms with Crippen LogP contribution in [0.3, 0.4) is 0 Å². The Labute approximate surface area is 156 Å². The smallest absolute Gasteiger partial charge is 0.343 e. The largest absolute Gasteiger partial charge is 0.423 e. The number of carbonyl (C=O) groups is 2. The Hall–Kier alpha value is -3.55. The van der Waals surface area contributed by atoms with Crippen molar-refractivity contribution in [2.45, 2.75) is 26.2 Å². The molecule has 0 heterocycles. The zero-order chi connectivity index (χ0) is 19.6. The van der Waals surface area contributed by atoms with Gasteiger partial charge in [-0.05, 0) is 30.2 Å². The Morgan fingerprint density at radius 1 is 1.22 bits per heavy atom. The number of hydrogen-bond acceptors (Lipinski definition) is 6. The molecule has 0 unspecified atom stereocenters. The summed E-state index contributed by atoms with van der Waals surface area (Å²) in [4.78, 5) is 33.9. The lowest BCUT2D eigenvalue weighted by Crippen LogP contribution is -2.16. The quantitative estimate of drug-likeness (QED) is 0.252. The standard InChI is InChI=1S/C19H19N3O5/c1-2-3-10-18(23)21-20-13-14-6-4-9-17(11-14)27-19(24)15-7-5-8-16(12-15)22(25)26/h4-9,11-13H,2-3,10H2,1H3,(H,21,23). The number of hydrogen-bond donors (Lipinski definition) is 1. The summed E-state index contributed by atoms with van der Waals surface area (Å²) in [5.74, 6) is -0.616. The van der Waals surface area contributed by atoms with Crippen LogP contribution in [-0.4, -0.2) is 23.0 Å². The summed E-state index contributed by atoms with van der Waals surface area (Å²) in [6.07, 6.45) is 3.57. The predicted molar refractivity (Wildman–Crippen MR) is 99.8 cm³/mol. The minimum atomic E-state index is -0.708. The van der Waals surface area contributed by atoms with Crippen LogP contribution in [0.2, 0.25) is 0 Å². The number of amides is 1. The molecule has 1 amide bonds. The van der Waals surface area contributed by atoms with Crippen molar-refractivity contribution in [3.63, 3.8) is 0 Å². The summed E-state index contributed by atoms with van der Waals surface area (Å²) in [6, 6.07) is 11.8. The molecule has 0 saturated carbocycles. The fraction of sp³-hybridized carbons (Fsp3) is 0.211. The lowest BCUT2D eigenvalue weighted by atomic mass is 10.2. The molecule has 2 rings (SSSR count). The van der Waals surface area contributed by atoms with Crippen molar-refractivity contribution in [1.29, 1.82) is 0 Å². The normalized spacial score (nSPS) is 10.6. The van der Waals surface area contributed by atoms with Gasteiger partial charge in [0.25, 0.3) is 5.69 Å². The first-order valence-corrected chi connectivity index (χ1v) is 8.38. The maximum absolute atomic E-state index is 12.2. The number of unbranched alkanes of at least 4 members (excludes halogenated alkanes) is 1. The van der Waals surface area contributed by atoms with Crippen molar-refractivity contribution in [1.82, 2.24) is 5.43 Å². The summed E-state index contributed by atoms with van der Waals surface area (Å²) in [6.45, 7) is 2.00. The average Bonchev–Trinajstić information content (AvgIpc) is 2.66. The van der Waals surface area contributed by atoms with E-state index in [0.29, 0.717) is 12.0 Å². The minimum absolute atomic E-state index is 0.0754. The van der Waals surface area contributed by atoms with Crippen LogP contribution in [-0.2, 0) is 4.79 Å². The van der Waals surface area contributed by atoms with E-state index in [-0.39, 0.29) is 22.9 Å². The Balaban J connectivity index is 2.00. The molecule has 1 N–H and O–H groups in total. The first-order valence-electron chi connectivity index (χ1n) is 8.38.